The summed E-state index contributed by atoms with van der Waals surface area (Å²) in [6, 6.07) is 15.2. The Labute approximate surface area is 193 Å². The van der Waals surface area contributed by atoms with Crippen LogP contribution in [0.15, 0.2) is 61.2 Å². The summed E-state index contributed by atoms with van der Waals surface area (Å²) in [5, 5.41) is -0.397. The third-order valence-corrected chi connectivity index (χ3v) is 8.97. The van der Waals surface area contributed by atoms with Gasteiger partial charge >= 0.3 is 0 Å². The number of sulfonamides is 1. The van der Waals surface area contributed by atoms with Crippen LogP contribution in [0.1, 0.15) is 43.7 Å². The first-order valence-electron chi connectivity index (χ1n) is 11.2. The highest BCUT2D eigenvalue weighted by Gasteiger charge is 2.43. The third-order valence-electron chi connectivity index (χ3n) is 6.45. The van der Waals surface area contributed by atoms with Crippen LogP contribution in [0.2, 0.25) is 0 Å². The maximum atomic E-state index is 14.1. The molecule has 5 nitrogen and oxygen atoms in total. The van der Waals surface area contributed by atoms with Crippen LogP contribution in [0.25, 0.3) is 0 Å². The second kappa shape index (κ2) is 11.0. The van der Waals surface area contributed by atoms with E-state index < -0.39 is 15.3 Å². The van der Waals surface area contributed by atoms with Gasteiger partial charge in [-0.1, -0.05) is 43.7 Å². The van der Waals surface area contributed by atoms with Crippen LogP contribution in [0.3, 0.4) is 0 Å². The molecule has 2 aromatic rings. The van der Waals surface area contributed by atoms with Crippen LogP contribution in [0, 0.1) is 11.8 Å². The third kappa shape index (κ3) is 5.73. The van der Waals surface area contributed by atoms with Crippen molar-refractivity contribution in [3.63, 3.8) is 0 Å². The van der Waals surface area contributed by atoms with Crippen LogP contribution < -0.4 is 9.47 Å². The minimum Gasteiger partial charge on any atom is -0.497 e. The Hall–Kier alpha value is -2.31. The van der Waals surface area contributed by atoms with Crippen molar-refractivity contribution in [3.05, 3.63) is 72.3 Å². The summed E-state index contributed by atoms with van der Waals surface area (Å²) in [6.07, 6.45) is 5.59. The van der Waals surface area contributed by atoms with Crippen LogP contribution in [0.4, 0.5) is 0 Å². The fourth-order valence-electron chi connectivity index (χ4n) is 4.44. The molecule has 6 heteroatoms. The number of ether oxygens (including phenoxy) is 2. The smallest absolute Gasteiger partial charge is 0.218 e. The SMILES string of the molecule is C=CC[C@H](C)[C@@H](C1CCC1)S(=O)(=O)N(Cc1ccc(OC)cc1)Cc1ccc(OC)cc1. The van der Waals surface area contributed by atoms with Crippen molar-refractivity contribution in [3.8, 4) is 11.5 Å². The molecule has 3 rings (SSSR count). The van der Waals surface area contributed by atoms with E-state index in [1.807, 2.05) is 61.5 Å². The van der Waals surface area contributed by atoms with Crippen molar-refractivity contribution in [2.24, 2.45) is 11.8 Å². The maximum absolute atomic E-state index is 14.1. The Morgan fingerprint density at radius 3 is 1.78 bits per heavy atom. The van der Waals surface area contributed by atoms with Crippen molar-refractivity contribution >= 4 is 10.0 Å². The normalized spacial score (nSPS) is 16.2. The van der Waals surface area contributed by atoms with Gasteiger partial charge in [-0.2, -0.15) is 4.31 Å². The molecule has 2 aromatic carbocycles. The molecule has 0 bridgehead atoms. The standard InChI is InChI=1S/C26H35NO4S/c1-5-7-20(2)26(23-8-6-9-23)32(28,29)27(18-21-10-14-24(30-3)15-11-21)19-22-12-16-25(31-4)17-13-22/h5,10-17,20,23,26H,1,6-9,18-19H2,2-4H3/t20-,26-/m0/s1. The first-order valence-corrected chi connectivity index (χ1v) is 12.7. The van der Waals surface area contributed by atoms with Crippen molar-refractivity contribution in [2.45, 2.75) is 50.9 Å². The zero-order valence-corrected chi connectivity index (χ0v) is 20.2. The van der Waals surface area contributed by atoms with Crippen LogP contribution in [0.5, 0.6) is 11.5 Å². The number of hydrogen-bond acceptors (Lipinski definition) is 4. The number of benzene rings is 2. The van der Waals surface area contributed by atoms with Crippen LogP contribution >= 0.6 is 0 Å². The summed E-state index contributed by atoms with van der Waals surface area (Å²) in [5.74, 6) is 1.75. The van der Waals surface area contributed by atoms with E-state index in [9.17, 15) is 8.42 Å². The van der Waals surface area contributed by atoms with E-state index >= 15 is 0 Å². The summed E-state index contributed by atoms with van der Waals surface area (Å²) in [5.41, 5.74) is 1.87. The minimum atomic E-state index is -3.55. The quantitative estimate of drug-likeness (QED) is 0.400. The molecule has 0 unspecified atom stereocenters. The average molecular weight is 458 g/mol. The van der Waals surface area contributed by atoms with E-state index in [2.05, 4.69) is 6.58 Å². The summed E-state index contributed by atoms with van der Waals surface area (Å²) in [4.78, 5) is 0. The van der Waals surface area contributed by atoms with Gasteiger partial charge in [0.15, 0.2) is 0 Å². The predicted molar refractivity (Wildman–Crippen MR) is 129 cm³/mol. The molecule has 0 aliphatic heterocycles. The van der Waals surface area contributed by atoms with Gasteiger partial charge in [0.25, 0.3) is 0 Å². The molecule has 2 atom stereocenters. The zero-order chi connectivity index (χ0) is 23.1. The van der Waals surface area contributed by atoms with Crippen molar-refractivity contribution < 1.29 is 17.9 Å². The number of nitrogens with zero attached hydrogens (tertiary/aromatic N) is 1. The fraction of sp³-hybridized carbons (Fsp3) is 0.462. The average Bonchev–Trinajstić information content (AvgIpc) is 2.76. The molecule has 32 heavy (non-hydrogen) atoms. The Balaban J connectivity index is 1.94. The molecular formula is C26H35NO4S. The molecular weight excluding hydrogens is 422 g/mol. The predicted octanol–water partition coefficient (Wildman–Crippen LogP) is 5.42. The largest absolute Gasteiger partial charge is 0.497 e. The zero-order valence-electron chi connectivity index (χ0n) is 19.4. The molecule has 1 saturated carbocycles. The fourth-order valence-corrected chi connectivity index (χ4v) is 6.90. The summed E-state index contributed by atoms with van der Waals surface area (Å²) >= 11 is 0. The molecule has 1 aliphatic carbocycles. The molecule has 0 radical (unpaired) electrons. The lowest BCUT2D eigenvalue weighted by Gasteiger charge is -2.39. The molecule has 0 aromatic heterocycles. The van der Waals surface area contributed by atoms with Gasteiger partial charge in [-0.25, -0.2) is 8.42 Å². The Morgan fingerprint density at radius 2 is 1.44 bits per heavy atom. The summed E-state index contributed by atoms with van der Waals surface area (Å²) in [7, 11) is -0.300. The molecule has 0 saturated heterocycles. The molecule has 1 fully saturated rings. The monoisotopic (exact) mass is 457 g/mol. The molecule has 0 spiro atoms. The van der Waals surface area contributed by atoms with Gasteiger partial charge in [0, 0.05) is 13.1 Å². The maximum Gasteiger partial charge on any atom is 0.218 e. The van der Waals surface area contributed by atoms with E-state index in [0.717, 1.165) is 41.9 Å². The van der Waals surface area contributed by atoms with E-state index in [4.69, 9.17) is 9.47 Å². The second-order valence-corrected chi connectivity index (χ2v) is 10.8. The van der Waals surface area contributed by atoms with E-state index in [-0.39, 0.29) is 11.8 Å². The lowest BCUT2D eigenvalue weighted by Crippen LogP contribution is -2.46. The van der Waals surface area contributed by atoms with Gasteiger partial charge in [-0.05, 0) is 66.5 Å². The first-order chi connectivity index (χ1) is 15.4. The number of hydrogen-bond donors (Lipinski definition) is 0. The Kier molecular flexibility index (Phi) is 8.38. The Bertz CT molecular complexity index is 916. The van der Waals surface area contributed by atoms with Gasteiger partial charge in [0.2, 0.25) is 10.0 Å². The van der Waals surface area contributed by atoms with Crippen LogP contribution in [-0.2, 0) is 23.1 Å². The number of methoxy groups -OCH3 is 2. The van der Waals surface area contributed by atoms with E-state index in [1.54, 1.807) is 18.5 Å². The van der Waals surface area contributed by atoms with Gasteiger partial charge in [0.1, 0.15) is 11.5 Å². The minimum absolute atomic E-state index is 0.0250. The van der Waals surface area contributed by atoms with Gasteiger partial charge in [-0.3, -0.25) is 0 Å². The van der Waals surface area contributed by atoms with Crippen molar-refractivity contribution in [2.75, 3.05) is 14.2 Å². The summed E-state index contributed by atoms with van der Waals surface area (Å²) < 4.78 is 40.3. The lowest BCUT2D eigenvalue weighted by atomic mass is 9.78. The highest BCUT2D eigenvalue weighted by molar-refractivity contribution is 7.89. The Morgan fingerprint density at radius 1 is 0.969 bits per heavy atom. The number of rotatable bonds is 12. The number of allylic oxidation sites excluding steroid dienone is 1. The molecule has 0 amide bonds. The van der Waals surface area contributed by atoms with E-state index in [1.165, 1.54) is 0 Å². The van der Waals surface area contributed by atoms with Gasteiger partial charge in [0.05, 0.1) is 19.5 Å². The molecule has 1 aliphatic rings. The second-order valence-electron chi connectivity index (χ2n) is 8.67. The highest BCUT2D eigenvalue weighted by Crippen LogP contribution is 2.39. The molecule has 174 valence electrons. The molecule has 0 heterocycles. The lowest BCUT2D eigenvalue weighted by molar-refractivity contribution is 0.247. The van der Waals surface area contributed by atoms with Crippen molar-refractivity contribution in [1.29, 1.82) is 0 Å². The summed E-state index contributed by atoms with van der Waals surface area (Å²) in [6.45, 7) is 6.54. The van der Waals surface area contributed by atoms with E-state index in [0.29, 0.717) is 19.5 Å². The van der Waals surface area contributed by atoms with Crippen LogP contribution in [-0.4, -0.2) is 32.2 Å². The van der Waals surface area contributed by atoms with Crippen molar-refractivity contribution in [1.82, 2.24) is 4.31 Å². The van der Waals surface area contributed by atoms with Gasteiger partial charge < -0.3 is 9.47 Å². The highest BCUT2D eigenvalue weighted by atomic mass is 32.2. The first kappa shape index (κ1) is 24.3. The van der Waals surface area contributed by atoms with Gasteiger partial charge in [-0.15, -0.1) is 6.58 Å². The molecule has 0 N–H and O–H groups in total. The topological polar surface area (TPSA) is 55.8 Å².